The zero-order chi connectivity index (χ0) is 19.5. The summed E-state index contributed by atoms with van der Waals surface area (Å²) in [5.74, 6) is 5.43. The smallest absolute Gasteiger partial charge is 0.413 e. The fourth-order valence-electron chi connectivity index (χ4n) is 2.82. The molecule has 1 aromatic rings. The largest absolute Gasteiger partial charge is 0.444 e. The Bertz CT molecular complexity index is 610. The molecule has 0 aromatic carbocycles. The molecule has 1 aliphatic heterocycles. The summed E-state index contributed by atoms with van der Waals surface area (Å²) < 4.78 is 47.1. The van der Waals surface area contributed by atoms with E-state index in [9.17, 15) is 18.0 Å². The maximum atomic E-state index is 13.9. The van der Waals surface area contributed by atoms with Crippen LogP contribution in [0, 0.1) is 0 Å². The summed E-state index contributed by atoms with van der Waals surface area (Å²) in [5, 5.41) is 2.99. The van der Waals surface area contributed by atoms with Crippen LogP contribution in [0.2, 0.25) is 0 Å². The lowest BCUT2D eigenvalue weighted by Crippen LogP contribution is -2.50. The number of nitrogens with two attached hydrogens (primary N) is 1. The Morgan fingerprint density at radius 3 is 2.54 bits per heavy atom. The molecule has 2 rings (SSSR count). The number of hydrazine groups is 1. The first-order chi connectivity index (χ1) is 12.0. The van der Waals surface area contributed by atoms with Gasteiger partial charge in [-0.05, 0) is 39.8 Å². The third kappa shape index (κ3) is 4.98. The number of alkyl halides is 3. The normalized spacial score (nSPS) is 19.1. The molecule has 1 fully saturated rings. The van der Waals surface area contributed by atoms with Crippen molar-refractivity contribution < 1.29 is 22.7 Å². The number of nitrogens with one attached hydrogen (secondary N) is 2. The van der Waals surface area contributed by atoms with E-state index in [0.29, 0.717) is 13.0 Å². The van der Waals surface area contributed by atoms with Gasteiger partial charge in [-0.3, -0.25) is 4.90 Å². The van der Waals surface area contributed by atoms with Crippen LogP contribution in [0.5, 0.6) is 0 Å². The third-order valence-electron chi connectivity index (χ3n) is 3.87. The fourth-order valence-corrected chi connectivity index (χ4v) is 2.82. The molecular weight excluding hydrogens is 351 g/mol. The quantitative estimate of drug-likeness (QED) is 0.553. The number of hydrogen-bond donors (Lipinski definition) is 3. The standard InChI is InChI=1S/C16H24F3N5O2/c1-15(2,3)26-14(25)24(11-6-7-21-9-11)13(16(17,18)19)10-4-5-12(23-20)22-8-10/h4-5,8,11,13,21H,6-7,9,20H2,1-3H3,(H,22,23)/t11-,13+/m0/s1. The van der Waals surface area contributed by atoms with E-state index in [0.717, 1.165) is 11.1 Å². The molecule has 1 saturated heterocycles. The van der Waals surface area contributed by atoms with Gasteiger partial charge in [0.1, 0.15) is 11.4 Å². The summed E-state index contributed by atoms with van der Waals surface area (Å²) >= 11 is 0. The molecule has 2 heterocycles. The summed E-state index contributed by atoms with van der Waals surface area (Å²) in [4.78, 5) is 17.3. The van der Waals surface area contributed by atoms with Crippen LogP contribution in [-0.2, 0) is 4.74 Å². The molecule has 1 aromatic heterocycles. The third-order valence-corrected chi connectivity index (χ3v) is 3.87. The van der Waals surface area contributed by atoms with Gasteiger partial charge in [-0.15, -0.1) is 0 Å². The summed E-state index contributed by atoms with van der Waals surface area (Å²) in [7, 11) is 0. The Labute approximate surface area is 150 Å². The molecule has 0 saturated carbocycles. The number of hydrogen-bond acceptors (Lipinski definition) is 6. The van der Waals surface area contributed by atoms with Crippen LogP contribution in [0.25, 0.3) is 0 Å². The summed E-state index contributed by atoms with van der Waals surface area (Å²) in [5.41, 5.74) is 1.19. The van der Waals surface area contributed by atoms with Crippen LogP contribution in [0.15, 0.2) is 18.3 Å². The monoisotopic (exact) mass is 375 g/mol. The van der Waals surface area contributed by atoms with E-state index < -0.39 is 30.0 Å². The second-order valence-corrected chi connectivity index (χ2v) is 7.10. The number of nitrogens with zero attached hydrogens (tertiary/aromatic N) is 2. The van der Waals surface area contributed by atoms with Gasteiger partial charge in [0.25, 0.3) is 0 Å². The molecule has 0 aliphatic carbocycles. The van der Waals surface area contributed by atoms with Gasteiger partial charge in [-0.1, -0.05) is 6.07 Å². The minimum atomic E-state index is -4.70. The number of pyridine rings is 1. The van der Waals surface area contributed by atoms with Crippen molar-refractivity contribution in [2.45, 2.75) is 51.1 Å². The number of carbonyl (C=O) groups excluding carboxylic acids is 1. The number of nitrogen functional groups attached to an aromatic ring is 1. The van der Waals surface area contributed by atoms with Gasteiger partial charge < -0.3 is 15.5 Å². The second-order valence-electron chi connectivity index (χ2n) is 7.10. The second kappa shape index (κ2) is 7.67. The van der Waals surface area contributed by atoms with Crippen molar-refractivity contribution in [1.82, 2.24) is 15.2 Å². The van der Waals surface area contributed by atoms with Gasteiger partial charge in [0.15, 0.2) is 6.04 Å². The molecular formula is C16H24F3N5O2. The molecule has 26 heavy (non-hydrogen) atoms. The molecule has 146 valence electrons. The molecule has 10 heteroatoms. The topological polar surface area (TPSA) is 92.5 Å². The number of anilines is 1. The van der Waals surface area contributed by atoms with E-state index in [2.05, 4.69) is 15.7 Å². The Kier molecular flexibility index (Phi) is 5.97. The first kappa shape index (κ1) is 20.2. The fraction of sp³-hybridized carbons (Fsp3) is 0.625. The van der Waals surface area contributed by atoms with Crippen LogP contribution >= 0.6 is 0 Å². The van der Waals surface area contributed by atoms with Crippen molar-refractivity contribution in [2.24, 2.45) is 5.84 Å². The van der Waals surface area contributed by atoms with E-state index in [1.54, 1.807) is 20.8 Å². The highest BCUT2D eigenvalue weighted by molar-refractivity contribution is 5.69. The Morgan fingerprint density at radius 1 is 1.42 bits per heavy atom. The van der Waals surface area contributed by atoms with Crippen LogP contribution in [-0.4, -0.2) is 46.9 Å². The Hall–Kier alpha value is -2.07. The molecule has 2 atom stereocenters. The van der Waals surface area contributed by atoms with Gasteiger partial charge >= 0.3 is 12.3 Å². The van der Waals surface area contributed by atoms with E-state index in [1.165, 1.54) is 12.1 Å². The SMILES string of the molecule is CC(C)(C)OC(=O)N([C@H]1CCNC1)[C@H](c1ccc(NN)nc1)C(F)(F)F. The predicted octanol–water partition coefficient (Wildman–Crippen LogP) is 2.57. The minimum absolute atomic E-state index is 0.158. The van der Waals surface area contributed by atoms with Gasteiger partial charge in [-0.25, -0.2) is 15.6 Å². The first-order valence-electron chi connectivity index (χ1n) is 8.24. The maximum Gasteiger partial charge on any atom is 0.413 e. The Morgan fingerprint density at radius 2 is 2.12 bits per heavy atom. The Balaban J connectivity index is 2.45. The maximum absolute atomic E-state index is 13.9. The predicted molar refractivity (Wildman–Crippen MR) is 90.2 cm³/mol. The lowest BCUT2D eigenvalue weighted by molar-refractivity contribution is -0.188. The number of carbonyl (C=O) groups is 1. The molecule has 0 spiro atoms. The molecule has 1 amide bonds. The van der Waals surface area contributed by atoms with Crippen LogP contribution < -0.4 is 16.6 Å². The zero-order valence-electron chi connectivity index (χ0n) is 14.9. The molecule has 0 unspecified atom stereocenters. The average Bonchev–Trinajstić information content (AvgIpc) is 3.03. The van der Waals surface area contributed by atoms with Crippen LogP contribution in [0.3, 0.4) is 0 Å². The van der Waals surface area contributed by atoms with Crippen LogP contribution in [0.1, 0.15) is 38.8 Å². The van der Waals surface area contributed by atoms with Gasteiger partial charge in [0, 0.05) is 24.3 Å². The zero-order valence-corrected chi connectivity index (χ0v) is 14.9. The molecule has 0 radical (unpaired) electrons. The van der Waals surface area contributed by atoms with Crippen molar-refractivity contribution in [2.75, 3.05) is 18.5 Å². The molecule has 7 nitrogen and oxygen atoms in total. The number of ether oxygens (including phenoxy) is 1. The summed E-state index contributed by atoms with van der Waals surface area (Å²) in [6.45, 7) is 5.63. The number of rotatable bonds is 4. The van der Waals surface area contributed by atoms with E-state index in [1.807, 2.05) is 0 Å². The van der Waals surface area contributed by atoms with Gasteiger partial charge in [0.2, 0.25) is 0 Å². The van der Waals surface area contributed by atoms with Crippen molar-refractivity contribution in [1.29, 1.82) is 0 Å². The highest BCUT2D eigenvalue weighted by Gasteiger charge is 2.50. The van der Waals surface area contributed by atoms with Crippen molar-refractivity contribution in [3.63, 3.8) is 0 Å². The number of halogens is 3. The molecule has 1 aliphatic rings. The lowest BCUT2D eigenvalue weighted by Gasteiger charge is -2.38. The van der Waals surface area contributed by atoms with E-state index in [-0.39, 0.29) is 17.9 Å². The van der Waals surface area contributed by atoms with E-state index >= 15 is 0 Å². The van der Waals surface area contributed by atoms with Gasteiger partial charge in [-0.2, -0.15) is 13.2 Å². The number of aromatic nitrogens is 1. The first-order valence-corrected chi connectivity index (χ1v) is 8.24. The highest BCUT2D eigenvalue weighted by atomic mass is 19.4. The summed E-state index contributed by atoms with van der Waals surface area (Å²) in [6, 6.07) is -0.223. The van der Waals surface area contributed by atoms with Crippen molar-refractivity contribution in [3.05, 3.63) is 23.9 Å². The average molecular weight is 375 g/mol. The van der Waals surface area contributed by atoms with Crippen molar-refractivity contribution in [3.8, 4) is 0 Å². The molecule has 0 bridgehead atoms. The van der Waals surface area contributed by atoms with Crippen molar-refractivity contribution >= 4 is 11.9 Å². The summed E-state index contributed by atoms with van der Waals surface area (Å²) in [6.07, 6.45) is -4.23. The van der Waals surface area contributed by atoms with Gasteiger partial charge in [0.05, 0.1) is 0 Å². The highest BCUT2D eigenvalue weighted by Crippen LogP contribution is 2.40. The van der Waals surface area contributed by atoms with E-state index in [4.69, 9.17) is 10.6 Å². The minimum Gasteiger partial charge on any atom is -0.444 e. The lowest BCUT2D eigenvalue weighted by atomic mass is 10.0. The van der Waals surface area contributed by atoms with Crippen LogP contribution in [0.4, 0.5) is 23.8 Å². The number of amides is 1. The molecule has 4 N–H and O–H groups in total.